The Balaban J connectivity index is 1.74. The van der Waals surface area contributed by atoms with Crippen LogP contribution in [0.5, 0.6) is 0 Å². The number of imide groups is 1. The molecule has 1 aliphatic rings. The second-order valence-corrected chi connectivity index (χ2v) is 8.17. The Morgan fingerprint density at radius 2 is 1.45 bits per heavy atom. The summed E-state index contributed by atoms with van der Waals surface area (Å²) in [5.74, 6) is -0.680. The Labute approximate surface area is 195 Å². The molecular weight excluding hydrogens is 410 g/mol. The zero-order valence-electron chi connectivity index (χ0n) is 19.6. The number of amides is 2. The molecule has 0 unspecified atom stereocenters. The maximum atomic E-state index is 13.6. The van der Waals surface area contributed by atoms with Crippen LogP contribution in [0, 0.1) is 13.8 Å². The molecule has 0 fully saturated rings. The fraction of sp³-hybridized carbons (Fsp3) is 0.214. The van der Waals surface area contributed by atoms with E-state index in [2.05, 4.69) is 24.1 Å². The minimum absolute atomic E-state index is 0.294. The van der Waals surface area contributed by atoms with Crippen molar-refractivity contribution in [1.82, 2.24) is 0 Å². The molecule has 0 atom stereocenters. The van der Waals surface area contributed by atoms with Gasteiger partial charge in [-0.1, -0.05) is 36.4 Å². The van der Waals surface area contributed by atoms with Gasteiger partial charge in [0, 0.05) is 24.5 Å². The molecule has 0 radical (unpaired) electrons. The number of carbonyl (C=O) groups is 2. The minimum Gasteiger partial charge on any atom is -0.372 e. The molecular formula is C28H29N3O2. The molecule has 5 heteroatoms. The Kier molecular flexibility index (Phi) is 6.31. The van der Waals surface area contributed by atoms with Crippen molar-refractivity contribution in [1.29, 1.82) is 0 Å². The molecule has 168 valence electrons. The first-order valence-electron chi connectivity index (χ1n) is 11.3. The summed E-state index contributed by atoms with van der Waals surface area (Å²) in [6.07, 6.45) is 0. The summed E-state index contributed by atoms with van der Waals surface area (Å²) in [5.41, 5.74) is 6.07. The third-order valence-electron chi connectivity index (χ3n) is 6.16. The van der Waals surface area contributed by atoms with Crippen LogP contribution in [-0.2, 0) is 9.59 Å². The van der Waals surface area contributed by atoms with Crippen LogP contribution in [0.25, 0.3) is 5.57 Å². The smallest absolute Gasteiger partial charge is 0.282 e. The molecule has 3 aromatic carbocycles. The summed E-state index contributed by atoms with van der Waals surface area (Å²) in [7, 11) is 0. The molecule has 0 saturated heterocycles. The van der Waals surface area contributed by atoms with Crippen LogP contribution < -0.4 is 15.1 Å². The van der Waals surface area contributed by atoms with Gasteiger partial charge in [0.25, 0.3) is 11.8 Å². The largest absolute Gasteiger partial charge is 0.372 e. The van der Waals surface area contributed by atoms with Crippen molar-refractivity contribution >= 4 is 34.4 Å². The molecule has 0 bridgehead atoms. The van der Waals surface area contributed by atoms with E-state index in [1.54, 1.807) is 0 Å². The molecule has 5 nitrogen and oxygen atoms in total. The summed E-state index contributed by atoms with van der Waals surface area (Å²) in [5, 5.41) is 3.24. The average molecular weight is 440 g/mol. The number of hydrogen-bond donors (Lipinski definition) is 1. The van der Waals surface area contributed by atoms with Gasteiger partial charge < -0.3 is 10.2 Å². The van der Waals surface area contributed by atoms with Crippen molar-refractivity contribution < 1.29 is 9.59 Å². The van der Waals surface area contributed by atoms with Crippen molar-refractivity contribution in [3.63, 3.8) is 0 Å². The van der Waals surface area contributed by atoms with E-state index in [0.717, 1.165) is 30.0 Å². The first kappa shape index (κ1) is 22.3. The Morgan fingerprint density at radius 3 is 2.06 bits per heavy atom. The molecule has 0 aromatic heterocycles. The van der Waals surface area contributed by atoms with E-state index >= 15 is 0 Å². The van der Waals surface area contributed by atoms with Crippen molar-refractivity contribution in [2.24, 2.45) is 0 Å². The summed E-state index contributed by atoms with van der Waals surface area (Å²) < 4.78 is 0. The summed E-state index contributed by atoms with van der Waals surface area (Å²) in [4.78, 5) is 30.6. The number of carbonyl (C=O) groups excluding carboxylic acids is 2. The van der Waals surface area contributed by atoms with Crippen molar-refractivity contribution in [3.05, 3.63) is 95.2 Å². The van der Waals surface area contributed by atoms with Crippen molar-refractivity contribution in [2.45, 2.75) is 27.7 Å². The number of hydrogen-bond acceptors (Lipinski definition) is 4. The maximum Gasteiger partial charge on any atom is 0.282 e. The van der Waals surface area contributed by atoms with Crippen molar-refractivity contribution in [2.75, 3.05) is 28.2 Å². The molecule has 4 rings (SSSR count). The van der Waals surface area contributed by atoms with E-state index in [0.29, 0.717) is 22.5 Å². The number of aryl methyl sites for hydroxylation is 2. The molecule has 33 heavy (non-hydrogen) atoms. The van der Waals surface area contributed by atoms with Crippen molar-refractivity contribution in [3.8, 4) is 0 Å². The lowest BCUT2D eigenvalue weighted by molar-refractivity contribution is -0.120. The molecule has 2 amide bonds. The lowest BCUT2D eigenvalue weighted by Crippen LogP contribution is -2.32. The summed E-state index contributed by atoms with van der Waals surface area (Å²) in [6, 6.07) is 22.9. The van der Waals surface area contributed by atoms with Crippen LogP contribution >= 0.6 is 0 Å². The third-order valence-corrected chi connectivity index (χ3v) is 6.16. The third kappa shape index (κ3) is 4.27. The lowest BCUT2D eigenvalue weighted by atomic mass is 10.0. The van der Waals surface area contributed by atoms with Crippen LogP contribution in [0.3, 0.4) is 0 Å². The Morgan fingerprint density at radius 1 is 0.788 bits per heavy atom. The minimum atomic E-state index is -0.354. The Hall–Kier alpha value is -3.86. The first-order valence-corrected chi connectivity index (χ1v) is 11.3. The fourth-order valence-corrected chi connectivity index (χ4v) is 4.12. The zero-order valence-corrected chi connectivity index (χ0v) is 19.6. The summed E-state index contributed by atoms with van der Waals surface area (Å²) >= 11 is 0. The van der Waals surface area contributed by atoms with Gasteiger partial charge in [-0.3, -0.25) is 9.59 Å². The number of nitrogens with one attached hydrogen (secondary N) is 1. The van der Waals surface area contributed by atoms with E-state index in [9.17, 15) is 9.59 Å². The van der Waals surface area contributed by atoms with E-state index < -0.39 is 0 Å². The molecule has 1 aliphatic heterocycles. The Bertz CT molecular complexity index is 1210. The van der Waals surface area contributed by atoms with E-state index in [-0.39, 0.29) is 11.8 Å². The highest BCUT2D eigenvalue weighted by molar-refractivity contribution is 6.46. The standard InChI is InChI=1S/C28H29N3O2/c1-5-30(6-2)23-14-16-24(17-15-23)31-27(32)25(21-10-8-7-9-11-21)26(28(31)33)29-22-13-12-19(3)20(4)18-22/h7-18,29H,5-6H2,1-4H3. The highest BCUT2D eigenvalue weighted by Crippen LogP contribution is 2.34. The molecule has 0 saturated carbocycles. The van der Waals surface area contributed by atoms with Crippen LogP contribution in [-0.4, -0.2) is 24.9 Å². The summed E-state index contributed by atoms with van der Waals surface area (Å²) in [6.45, 7) is 10.1. The zero-order chi connectivity index (χ0) is 23.5. The van der Waals surface area contributed by atoms with E-state index in [1.165, 1.54) is 10.5 Å². The SMILES string of the molecule is CCN(CC)c1ccc(N2C(=O)C(Nc3ccc(C)c(C)c3)=C(c3ccccc3)C2=O)cc1. The maximum absolute atomic E-state index is 13.6. The fourth-order valence-electron chi connectivity index (χ4n) is 4.12. The van der Waals surface area contributed by atoms with Gasteiger partial charge in [-0.25, -0.2) is 4.90 Å². The van der Waals surface area contributed by atoms with Crippen LogP contribution in [0.15, 0.2) is 78.5 Å². The highest BCUT2D eigenvalue weighted by Gasteiger charge is 2.40. The number of nitrogens with zero attached hydrogens (tertiary/aromatic N) is 2. The molecule has 1 heterocycles. The predicted molar refractivity (Wildman–Crippen MR) is 135 cm³/mol. The quantitative estimate of drug-likeness (QED) is 0.491. The monoisotopic (exact) mass is 439 g/mol. The lowest BCUT2D eigenvalue weighted by Gasteiger charge is -2.22. The molecule has 3 aromatic rings. The topological polar surface area (TPSA) is 52.6 Å². The number of benzene rings is 3. The van der Waals surface area contributed by atoms with Crippen LogP contribution in [0.1, 0.15) is 30.5 Å². The van der Waals surface area contributed by atoms with Gasteiger partial charge in [0.1, 0.15) is 5.70 Å². The van der Waals surface area contributed by atoms with Gasteiger partial charge in [0.15, 0.2) is 0 Å². The van der Waals surface area contributed by atoms with Gasteiger partial charge in [-0.15, -0.1) is 0 Å². The highest BCUT2D eigenvalue weighted by atomic mass is 16.2. The second-order valence-electron chi connectivity index (χ2n) is 8.17. The van der Waals surface area contributed by atoms with E-state index in [4.69, 9.17) is 0 Å². The first-order chi connectivity index (χ1) is 15.9. The van der Waals surface area contributed by atoms with Gasteiger partial charge in [0.2, 0.25) is 0 Å². The second kappa shape index (κ2) is 9.33. The van der Waals surface area contributed by atoms with E-state index in [1.807, 2.05) is 86.6 Å². The normalized spacial score (nSPS) is 13.6. The van der Waals surface area contributed by atoms with Crippen LogP contribution in [0.2, 0.25) is 0 Å². The van der Waals surface area contributed by atoms with Gasteiger partial charge >= 0.3 is 0 Å². The van der Waals surface area contributed by atoms with Gasteiger partial charge in [-0.05, 0) is 80.8 Å². The number of anilines is 3. The molecule has 1 N–H and O–H groups in total. The average Bonchev–Trinajstić information content (AvgIpc) is 3.07. The number of rotatable bonds is 7. The molecule has 0 spiro atoms. The molecule has 0 aliphatic carbocycles. The van der Waals surface area contributed by atoms with Crippen LogP contribution in [0.4, 0.5) is 17.1 Å². The van der Waals surface area contributed by atoms with Gasteiger partial charge in [-0.2, -0.15) is 0 Å². The van der Waals surface area contributed by atoms with Gasteiger partial charge in [0.05, 0.1) is 11.3 Å². The predicted octanol–water partition coefficient (Wildman–Crippen LogP) is 5.55.